The van der Waals surface area contributed by atoms with E-state index >= 15 is 0 Å². The van der Waals surface area contributed by atoms with E-state index in [1.54, 1.807) is 24.5 Å². The van der Waals surface area contributed by atoms with Gasteiger partial charge in [0.15, 0.2) is 0 Å². The first-order chi connectivity index (χ1) is 12.5. The molecule has 0 aliphatic heterocycles. The molecule has 1 unspecified atom stereocenters. The summed E-state index contributed by atoms with van der Waals surface area (Å²) >= 11 is 0. The van der Waals surface area contributed by atoms with Crippen LogP contribution in [0.5, 0.6) is 0 Å². The molecule has 0 aliphatic carbocycles. The van der Waals surface area contributed by atoms with E-state index < -0.39 is 4.92 Å². The molecule has 0 saturated heterocycles. The van der Waals surface area contributed by atoms with E-state index in [0.717, 1.165) is 18.8 Å². The molecule has 1 aromatic heterocycles. The summed E-state index contributed by atoms with van der Waals surface area (Å²) in [5.41, 5.74) is 0.590. The van der Waals surface area contributed by atoms with Crippen molar-refractivity contribution >= 4 is 17.7 Å². The maximum absolute atomic E-state index is 12.1. The number of carbonyl (C=O) groups is 1. The number of hydrogen-bond donors (Lipinski definition) is 1. The normalized spacial score (nSPS) is 12.4. The van der Waals surface area contributed by atoms with Crippen LogP contribution in [0.4, 0.5) is 5.69 Å². The number of non-ortho nitro benzene ring substituents is 1. The fourth-order valence-electron chi connectivity index (χ4n) is 2.73. The van der Waals surface area contributed by atoms with Crippen LogP contribution in [0.1, 0.15) is 31.2 Å². The fourth-order valence-corrected chi connectivity index (χ4v) is 2.73. The molecule has 2 rings (SSSR count). The molecule has 0 aliphatic rings. The zero-order valence-electron chi connectivity index (χ0n) is 14.9. The number of amides is 1. The Balaban J connectivity index is 1.99. The first kappa shape index (κ1) is 19.4. The van der Waals surface area contributed by atoms with Gasteiger partial charge in [0.25, 0.3) is 5.69 Å². The molecule has 0 saturated carbocycles. The Morgan fingerprint density at radius 2 is 2.08 bits per heavy atom. The number of nitro groups is 1. The predicted molar refractivity (Wildman–Crippen MR) is 99.5 cm³/mol. The van der Waals surface area contributed by atoms with Crippen molar-refractivity contribution in [2.45, 2.75) is 19.9 Å². The molecule has 0 spiro atoms. The maximum atomic E-state index is 12.1. The molecule has 138 valence electrons. The van der Waals surface area contributed by atoms with E-state index in [0.29, 0.717) is 12.1 Å². The van der Waals surface area contributed by atoms with E-state index in [4.69, 9.17) is 4.42 Å². The van der Waals surface area contributed by atoms with E-state index in [-0.39, 0.29) is 17.6 Å². The number of hydrogen-bond acceptors (Lipinski definition) is 5. The Hall–Kier alpha value is -2.93. The zero-order chi connectivity index (χ0) is 18.9. The third-order valence-electron chi connectivity index (χ3n) is 4.10. The molecule has 2 aromatic rings. The number of benzene rings is 1. The average molecular weight is 357 g/mol. The van der Waals surface area contributed by atoms with Crippen molar-refractivity contribution in [1.82, 2.24) is 10.2 Å². The molecular weight excluding hydrogens is 334 g/mol. The van der Waals surface area contributed by atoms with Crippen LogP contribution in [0, 0.1) is 10.1 Å². The molecule has 0 bridgehead atoms. The highest BCUT2D eigenvalue weighted by Gasteiger charge is 2.20. The first-order valence-electron chi connectivity index (χ1n) is 8.53. The number of furan rings is 1. The highest BCUT2D eigenvalue weighted by molar-refractivity contribution is 5.91. The van der Waals surface area contributed by atoms with Gasteiger partial charge in [-0.05, 0) is 36.9 Å². The zero-order valence-corrected chi connectivity index (χ0v) is 14.9. The minimum atomic E-state index is -0.463. The molecule has 1 heterocycles. The predicted octanol–water partition coefficient (Wildman–Crippen LogP) is 3.40. The smallest absolute Gasteiger partial charge is 0.270 e. The standard InChI is InChI=1S/C19H23N3O4/c1-3-21(4-2)17(18-9-6-12-26-18)14-20-19(23)11-10-15-7-5-8-16(13-15)22(24)25/h5-13,17H,3-4,14H2,1-2H3,(H,20,23)/b11-10+. The summed E-state index contributed by atoms with van der Waals surface area (Å²) in [5, 5.41) is 13.7. The lowest BCUT2D eigenvalue weighted by atomic mass is 10.1. The van der Waals surface area contributed by atoms with Crippen molar-refractivity contribution in [3.63, 3.8) is 0 Å². The molecule has 0 radical (unpaired) electrons. The number of likely N-dealkylation sites (N-methyl/N-ethyl adjacent to an activating group) is 1. The van der Waals surface area contributed by atoms with Crippen molar-refractivity contribution in [1.29, 1.82) is 0 Å². The number of nitrogens with one attached hydrogen (secondary N) is 1. The van der Waals surface area contributed by atoms with Gasteiger partial charge in [0.2, 0.25) is 5.91 Å². The summed E-state index contributed by atoms with van der Waals surface area (Å²) in [5.74, 6) is 0.539. The molecule has 1 atom stereocenters. The molecule has 7 nitrogen and oxygen atoms in total. The monoisotopic (exact) mass is 357 g/mol. The van der Waals surface area contributed by atoms with Gasteiger partial charge in [-0.25, -0.2) is 0 Å². The van der Waals surface area contributed by atoms with Gasteiger partial charge in [-0.1, -0.05) is 26.0 Å². The SMILES string of the molecule is CCN(CC)C(CNC(=O)/C=C/c1cccc([N+](=O)[O-])c1)c1ccco1. The van der Waals surface area contributed by atoms with Crippen molar-refractivity contribution in [3.8, 4) is 0 Å². The summed E-state index contributed by atoms with van der Waals surface area (Å²) < 4.78 is 5.50. The van der Waals surface area contributed by atoms with Crippen LogP contribution in [0.15, 0.2) is 53.2 Å². The number of nitro benzene ring substituents is 1. The van der Waals surface area contributed by atoms with Crippen molar-refractivity contribution in [3.05, 3.63) is 70.2 Å². The highest BCUT2D eigenvalue weighted by atomic mass is 16.6. The lowest BCUT2D eigenvalue weighted by molar-refractivity contribution is -0.384. The Morgan fingerprint density at radius 1 is 1.31 bits per heavy atom. The van der Waals surface area contributed by atoms with Gasteiger partial charge >= 0.3 is 0 Å². The Kier molecular flexibility index (Phi) is 7.11. The third kappa shape index (κ3) is 5.29. The van der Waals surface area contributed by atoms with Crippen LogP contribution in [0.2, 0.25) is 0 Å². The summed E-state index contributed by atoms with van der Waals surface area (Å²) in [6, 6.07) is 9.81. The molecule has 1 aromatic carbocycles. The number of rotatable bonds is 9. The molecule has 1 N–H and O–H groups in total. The second-order valence-corrected chi connectivity index (χ2v) is 5.68. The van der Waals surface area contributed by atoms with Crippen LogP contribution >= 0.6 is 0 Å². The van der Waals surface area contributed by atoms with E-state index in [9.17, 15) is 14.9 Å². The van der Waals surface area contributed by atoms with E-state index in [1.165, 1.54) is 18.2 Å². The molecule has 1 amide bonds. The van der Waals surface area contributed by atoms with Gasteiger partial charge in [0.05, 0.1) is 17.2 Å². The van der Waals surface area contributed by atoms with Gasteiger partial charge in [0, 0.05) is 24.8 Å². The average Bonchev–Trinajstić information content (AvgIpc) is 3.18. The second-order valence-electron chi connectivity index (χ2n) is 5.68. The van der Waals surface area contributed by atoms with Gasteiger partial charge in [-0.2, -0.15) is 0 Å². The van der Waals surface area contributed by atoms with Crippen LogP contribution in [-0.2, 0) is 4.79 Å². The van der Waals surface area contributed by atoms with Crippen molar-refractivity contribution < 1.29 is 14.1 Å². The lowest BCUT2D eigenvalue weighted by Gasteiger charge is -2.28. The quantitative estimate of drug-likeness (QED) is 0.422. The van der Waals surface area contributed by atoms with Crippen molar-refractivity contribution in [2.75, 3.05) is 19.6 Å². The summed E-state index contributed by atoms with van der Waals surface area (Å²) in [7, 11) is 0. The lowest BCUT2D eigenvalue weighted by Crippen LogP contribution is -2.37. The molecule has 0 fully saturated rings. The fraction of sp³-hybridized carbons (Fsp3) is 0.316. The molecule has 7 heteroatoms. The van der Waals surface area contributed by atoms with Gasteiger partial charge in [0.1, 0.15) is 5.76 Å². The third-order valence-corrected chi connectivity index (χ3v) is 4.10. The van der Waals surface area contributed by atoms with Gasteiger partial charge in [-0.3, -0.25) is 19.8 Å². The molecule has 26 heavy (non-hydrogen) atoms. The minimum Gasteiger partial charge on any atom is -0.468 e. The van der Waals surface area contributed by atoms with Crippen LogP contribution in [0.3, 0.4) is 0 Å². The Labute approximate surface area is 152 Å². The summed E-state index contributed by atoms with van der Waals surface area (Å²) in [6.45, 7) is 6.20. The van der Waals surface area contributed by atoms with Crippen LogP contribution in [0.25, 0.3) is 6.08 Å². The highest BCUT2D eigenvalue weighted by Crippen LogP contribution is 2.20. The minimum absolute atomic E-state index is 0.00743. The van der Waals surface area contributed by atoms with Gasteiger partial charge < -0.3 is 9.73 Å². The number of carbonyl (C=O) groups excluding carboxylic acids is 1. The maximum Gasteiger partial charge on any atom is 0.270 e. The van der Waals surface area contributed by atoms with Gasteiger partial charge in [-0.15, -0.1) is 0 Å². The Bertz CT molecular complexity index is 752. The van der Waals surface area contributed by atoms with Crippen molar-refractivity contribution in [2.24, 2.45) is 0 Å². The second kappa shape index (κ2) is 9.53. The molecular formula is C19H23N3O4. The summed E-state index contributed by atoms with van der Waals surface area (Å²) in [6.07, 6.45) is 4.55. The number of nitrogens with zero attached hydrogens (tertiary/aromatic N) is 2. The van der Waals surface area contributed by atoms with Crippen LogP contribution in [-0.4, -0.2) is 35.4 Å². The largest absolute Gasteiger partial charge is 0.468 e. The topological polar surface area (TPSA) is 88.6 Å². The first-order valence-corrected chi connectivity index (χ1v) is 8.53. The van der Waals surface area contributed by atoms with Crippen LogP contribution < -0.4 is 5.32 Å². The Morgan fingerprint density at radius 3 is 2.69 bits per heavy atom. The van der Waals surface area contributed by atoms with E-state index in [2.05, 4.69) is 24.1 Å². The van der Waals surface area contributed by atoms with E-state index in [1.807, 2.05) is 12.1 Å². The summed E-state index contributed by atoms with van der Waals surface area (Å²) in [4.78, 5) is 24.7.